The maximum Gasteiger partial charge on any atom is 0.254 e. The van der Waals surface area contributed by atoms with E-state index in [0.29, 0.717) is 16.3 Å². The van der Waals surface area contributed by atoms with Crippen LogP contribution in [0.3, 0.4) is 0 Å². The number of pyridine rings is 1. The van der Waals surface area contributed by atoms with Crippen LogP contribution in [-0.2, 0) is 4.79 Å². The molecule has 0 fully saturated rings. The van der Waals surface area contributed by atoms with Crippen molar-refractivity contribution < 1.29 is 9.59 Å². The van der Waals surface area contributed by atoms with Gasteiger partial charge in [-0.1, -0.05) is 23.7 Å². The lowest BCUT2D eigenvalue weighted by molar-refractivity contribution is -0.116. The Bertz CT molecular complexity index is 646. The van der Waals surface area contributed by atoms with Crippen molar-refractivity contribution in [2.24, 2.45) is 0 Å². The van der Waals surface area contributed by atoms with Crippen molar-refractivity contribution >= 4 is 29.1 Å². The second kappa shape index (κ2) is 6.85. The van der Waals surface area contributed by atoms with Crippen LogP contribution in [0.1, 0.15) is 10.4 Å². The van der Waals surface area contributed by atoms with Gasteiger partial charge in [0.25, 0.3) is 5.91 Å². The molecule has 0 radical (unpaired) electrons. The zero-order valence-corrected chi connectivity index (χ0v) is 12.2. The average molecular weight is 304 g/mol. The Balaban J connectivity index is 1.97. The number of hydrogen-bond donors (Lipinski definition) is 1. The van der Waals surface area contributed by atoms with E-state index in [9.17, 15) is 9.59 Å². The summed E-state index contributed by atoms with van der Waals surface area (Å²) in [6.45, 7) is -0.0631. The number of benzene rings is 1. The summed E-state index contributed by atoms with van der Waals surface area (Å²) in [6, 6.07) is 10.1. The van der Waals surface area contributed by atoms with Crippen molar-refractivity contribution in [3.8, 4) is 0 Å². The Morgan fingerprint density at radius 3 is 2.52 bits per heavy atom. The van der Waals surface area contributed by atoms with Crippen molar-refractivity contribution in [2.45, 2.75) is 0 Å². The third-order valence-electron chi connectivity index (χ3n) is 2.80. The van der Waals surface area contributed by atoms with Gasteiger partial charge >= 0.3 is 0 Å². The molecule has 21 heavy (non-hydrogen) atoms. The number of nitrogens with zero attached hydrogens (tertiary/aromatic N) is 2. The Hall–Kier alpha value is -2.40. The van der Waals surface area contributed by atoms with Gasteiger partial charge in [-0.2, -0.15) is 0 Å². The Morgan fingerprint density at radius 2 is 1.86 bits per heavy atom. The van der Waals surface area contributed by atoms with E-state index in [1.54, 1.807) is 43.4 Å². The lowest BCUT2D eigenvalue weighted by Crippen LogP contribution is -2.34. The summed E-state index contributed by atoms with van der Waals surface area (Å²) >= 11 is 5.96. The van der Waals surface area contributed by atoms with Crippen molar-refractivity contribution in [3.63, 3.8) is 0 Å². The van der Waals surface area contributed by atoms with E-state index in [-0.39, 0.29) is 18.4 Å². The molecular formula is C15H14ClN3O2. The maximum atomic E-state index is 12.1. The molecule has 108 valence electrons. The van der Waals surface area contributed by atoms with Crippen LogP contribution in [0, 0.1) is 0 Å². The highest BCUT2D eigenvalue weighted by molar-refractivity contribution is 6.33. The number of carbonyl (C=O) groups excluding carboxylic acids is 2. The Morgan fingerprint density at radius 1 is 1.19 bits per heavy atom. The van der Waals surface area contributed by atoms with Gasteiger partial charge in [0, 0.05) is 25.0 Å². The monoisotopic (exact) mass is 303 g/mol. The van der Waals surface area contributed by atoms with E-state index in [4.69, 9.17) is 11.6 Å². The fourth-order valence-corrected chi connectivity index (χ4v) is 1.94. The van der Waals surface area contributed by atoms with E-state index in [1.807, 2.05) is 0 Å². The molecule has 0 bridgehead atoms. The van der Waals surface area contributed by atoms with Gasteiger partial charge in [-0.05, 0) is 24.3 Å². The first-order chi connectivity index (χ1) is 10.1. The molecule has 1 aromatic carbocycles. The van der Waals surface area contributed by atoms with Crippen LogP contribution in [0.5, 0.6) is 0 Å². The number of nitrogens with one attached hydrogen (secondary N) is 1. The number of aromatic nitrogens is 1. The molecule has 0 aliphatic rings. The highest BCUT2D eigenvalue weighted by Gasteiger charge is 2.15. The molecule has 0 aliphatic heterocycles. The third kappa shape index (κ3) is 4.03. The summed E-state index contributed by atoms with van der Waals surface area (Å²) in [5, 5.41) is 3.12. The zero-order valence-electron chi connectivity index (χ0n) is 11.4. The standard InChI is InChI=1S/C15H14ClN3O2/c1-19(15(21)11-6-8-17-9-7-11)10-14(20)18-13-5-3-2-4-12(13)16/h2-9H,10H2,1H3,(H,18,20). The fraction of sp³-hybridized carbons (Fsp3) is 0.133. The first-order valence-corrected chi connectivity index (χ1v) is 6.65. The molecule has 0 unspecified atom stereocenters. The fourth-order valence-electron chi connectivity index (χ4n) is 1.75. The molecule has 0 saturated heterocycles. The maximum absolute atomic E-state index is 12.1. The van der Waals surface area contributed by atoms with Crippen molar-refractivity contribution in [1.82, 2.24) is 9.88 Å². The summed E-state index contributed by atoms with van der Waals surface area (Å²) in [7, 11) is 1.56. The molecule has 2 rings (SSSR count). The predicted octanol–water partition coefficient (Wildman–Crippen LogP) is 2.45. The normalized spacial score (nSPS) is 10.0. The summed E-state index contributed by atoms with van der Waals surface area (Å²) in [5.74, 6) is -0.556. The molecule has 6 heteroatoms. The molecule has 1 heterocycles. The molecule has 1 N–H and O–H groups in total. The SMILES string of the molecule is CN(CC(=O)Nc1ccccc1Cl)C(=O)c1ccncc1. The van der Waals surface area contributed by atoms with Crippen LogP contribution in [0.25, 0.3) is 0 Å². The lowest BCUT2D eigenvalue weighted by Gasteiger charge is -2.17. The summed E-state index contributed by atoms with van der Waals surface area (Å²) in [6.07, 6.45) is 3.07. The second-order valence-corrected chi connectivity index (χ2v) is 4.83. The van der Waals surface area contributed by atoms with Crippen LogP contribution in [0.15, 0.2) is 48.8 Å². The highest BCUT2D eigenvalue weighted by Crippen LogP contribution is 2.20. The van der Waals surface area contributed by atoms with Gasteiger partial charge in [-0.3, -0.25) is 14.6 Å². The van der Waals surface area contributed by atoms with Crippen LogP contribution < -0.4 is 5.32 Å². The van der Waals surface area contributed by atoms with Gasteiger partial charge in [0.1, 0.15) is 0 Å². The quantitative estimate of drug-likeness (QED) is 0.943. The second-order valence-electron chi connectivity index (χ2n) is 4.43. The van der Waals surface area contributed by atoms with E-state index in [1.165, 1.54) is 17.3 Å². The molecule has 1 aromatic heterocycles. The molecule has 2 amide bonds. The summed E-state index contributed by atoms with van der Waals surface area (Å²) < 4.78 is 0. The van der Waals surface area contributed by atoms with Crippen molar-refractivity contribution in [2.75, 3.05) is 18.9 Å². The van der Waals surface area contributed by atoms with E-state index in [0.717, 1.165) is 0 Å². The molecular weight excluding hydrogens is 290 g/mol. The first kappa shape index (κ1) is 15.0. The Labute approximate surface area is 127 Å². The number of carbonyl (C=O) groups is 2. The van der Waals surface area contributed by atoms with E-state index >= 15 is 0 Å². The van der Waals surface area contributed by atoms with Crippen LogP contribution >= 0.6 is 11.6 Å². The van der Waals surface area contributed by atoms with Crippen LogP contribution in [-0.4, -0.2) is 35.3 Å². The van der Waals surface area contributed by atoms with Crippen LogP contribution in [0.2, 0.25) is 5.02 Å². The Kier molecular flexibility index (Phi) is 4.90. The molecule has 0 atom stereocenters. The summed E-state index contributed by atoms with van der Waals surface area (Å²) in [5.41, 5.74) is 1.01. The minimum absolute atomic E-state index is 0.0631. The van der Waals surface area contributed by atoms with Gasteiger partial charge in [0.2, 0.25) is 5.91 Å². The third-order valence-corrected chi connectivity index (χ3v) is 3.13. The molecule has 5 nitrogen and oxygen atoms in total. The smallest absolute Gasteiger partial charge is 0.254 e. The molecule has 0 spiro atoms. The highest BCUT2D eigenvalue weighted by atomic mass is 35.5. The van der Waals surface area contributed by atoms with Crippen molar-refractivity contribution in [3.05, 3.63) is 59.4 Å². The number of halogens is 1. The molecule has 0 saturated carbocycles. The minimum Gasteiger partial charge on any atom is -0.332 e. The zero-order chi connectivity index (χ0) is 15.2. The number of para-hydroxylation sites is 1. The van der Waals surface area contributed by atoms with E-state index in [2.05, 4.69) is 10.3 Å². The molecule has 2 aromatic rings. The van der Waals surface area contributed by atoms with E-state index < -0.39 is 0 Å². The number of anilines is 1. The van der Waals surface area contributed by atoms with Gasteiger partial charge in [-0.15, -0.1) is 0 Å². The lowest BCUT2D eigenvalue weighted by atomic mass is 10.2. The predicted molar refractivity (Wildman–Crippen MR) is 81.3 cm³/mol. The van der Waals surface area contributed by atoms with Gasteiger partial charge in [0.05, 0.1) is 17.3 Å². The van der Waals surface area contributed by atoms with Gasteiger partial charge in [-0.25, -0.2) is 0 Å². The molecule has 0 aliphatic carbocycles. The van der Waals surface area contributed by atoms with Crippen LogP contribution in [0.4, 0.5) is 5.69 Å². The minimum atomic E-state index is -0.312. The summed E-state index contributed by atoms with van der Waals surface area (Å²) in [4.78, 5) is 29.2. The average Bonchev–Trinajstić information content (AvgIpc) is 2.49. The number of hydrogen-bond acceptors (Lipinski definition) is 3. The van der Waals surface area contributed by atoms with Gasteiger partial charge in [0.15, 0.2) is 0 Å². The number of likely N-dealkylation sites (N-methyl/N-ethyl adjacent to an activating group) is 1. The number of rotatable bonds is 4. The topological polar surface area (TPSA) is 62.3 Å². The number of amides is 2. The first-order valence-electron chi connectivity index (χ1n) is 6.28. The largest absolute Gasteiger partial charge is 0.332 e. The van der Waals surface area contributed by atoms with Gasteiger partial charge < -0.3 is 10.2 Å². The van der Waals surface area contributed by atoms with Crippen molar-refractivity contribution in [1.29, 1.82) is 0 Å².